The van der Waals surface area contributed by atoms with Crippen LogP contribution in [-0.2, 0) is 0 Å². The number of fused-ring (bicyclic) bond motifs is 2. The van der Waals surface area contributed by atoms with E-state index in [1.54, 1.807) is 0 Å². The van der Waals surface area contributed by atoms with Gasteiger partial charge < -0.3 is 0 Å². The Morgan fingerprint density at radius 3 is 2.12 bits per heavy atom. The van der Waals surface area contributed by atoms with E-state index in [4.69, 9.17) is 9.97 Å². The Kier molecular flexibility index (Phi) is 5.08. The zero-order valence-electron chi connectivity index (χ0n) is 17.4. The maximum absolute atomic E-state index is 5.05. The van der Waals surface area contributed by atoms with Gasteiger partial charge in [-0.15, -0.1) is 0 Å². The molecule has 3 nitrogen and oxygen atoms in total. The van der Waals surface area contributed by atoms with Gasteiger partial charge in [0.1, 0.15) is 11.3 Å². The van der Waals surface area contributed by atoms with Crippen molar-refractivity contribution >= 4 is 53.8 Å². The molecule has 0 fully saturated rings. The molecule has 5 heteroatoms. The van der Waals surface area contributed by atoms with Crippen molar-refractivity contribution in [2.45, 2.75) is 0 Å². The number of benzene rings is 4. The second-order valence-corrected chi connectivity index (χ2v) is 9.72. The molecule has 0 radical (unpaired) electrons. The van der Waals surface area contributed by atoms with Crippen molar-refractivity contribution in [2.24, 2.45) is 0 Å². The smallest absolute Gasteiger partial charge is 0.164 e. The van der Waals surface area contributed by atoms with Crippen LogP contribution in [0, 0.1) is 0 Å². The first-order chi connectivity index (χ1) is 16.2. The lowest BCUT2D eigenvalue weighted by Gasteiger charge is -2.10. The third kappa shape index (κ3) is 3.77. The van der Waals surface area contributed by atoms with Crippen LogP contribution in [0.25, 0.3) is 50.1 Å². The minimum atomic E-state index is 0.830. The average Bonchev–Trinajstić information content (AvgIpc) is 3.22. The number of hydrogen-bond donors (Lipinski definition) is 0. The Bertz CT molecular complexity index is 1620. The molecule has 2 heterocycles. The summed E-state index contributed by atoms with van der Waals surface area (Å²) in [7, 11) is 0. The van der Waals surface area contributed by atoms with Crippen molar-refractivity contribution in [2.75, 3.05) is 0 Å². The van der Waals surface area contributed by atoms with E-state index in [1.165, 1.54) is 10.8 Å². The first-order valence-corrected chi connectivity index (χ1v) is 12.1. The monoisotopic (exact) mass is 553 g/mol. The molecule has 0 unspecified atom stereocenters. The van der Waals surface area contributed by atoms with Crippen LogP contribution in [0.4, 0.5) is 0 Å². The predicted molar refractivity (Wildman–Crippen MR) is 143 cm³/mol. The van der Waals surface area contributed by atoms with Crippen LogP contribution < -0.4 is 0 Å². The Morgan fingerprint density at radius 1 is 0.606 bits per heavy atom. The van der Waals surface area contributed by atoms with Crippen molar-refractivity contribution in [3.63, 3.8) is 0 Å². The molecule has 0 spiro atoms. The maximum Gasteiger partial charge on any atom is 0.164 e. The minimum absolute atomic E-state index is 0.830. The molecule has 0 aliphatic rings. The molecular formula is C28H17Br2N3. The molecule has 0 amide bonds. The fraction of sp³-hybridized carbons (Fsp3) is 0. The van der Waals surface area contributed by atoms with Crippen molar-refractivity contribution in [1.82, 2.24) is 14.5 Å². The lowest BCUT2D eigenvalue weighted by atomic mass is 10.0. The number of para-hydroxylation sites is 1. The van der Waals surface area contributed by atoms with Gasteiger partial charge in [0.05, 0.1) is 0 Å². The summed E-state index contributed by atoms with van der Waals surface area (Å²) in [4.78, 5) is 9.93. The van der Waals surface area contributed by atoms with E-state index in [1.807, 2.05) is 30.5 Å². The highest BCUT2D eigenvalue weighted by Crippen LogP contribution is 2.33. The van der Waals surface area contributed by atoms with Crippen LogP contribution >= 0.6 is 31.9 Å². The highest BCUT2D eigenvalue weighted by molar-refractivity contribution is 9.11. The summed E-state index contributed by atoms with van der Waals surface area (Å²) in [6, 6.07) is 33.5. The standard InChI is InChI=1S/C28H17Br2N3/c29-23-13-21(14-24(30)16-23)27-32-26-15-22(20-11-10-18-6-4-5-7-19(18)12-20)17-31-28(26)33(27)25-8-2-1-3-9-25/h1-17H. The van der Waals surface area contributed by atoms with E-state index >= 15 is 0 Å². The van der Waals surface area contributed by atoms with E-state index in [2.05, 4.69) is 109 Å². The average molecular weight is 555 g/mol. The SMILES string of the molecule is Brc1cc(Br)cc(-c2nc3cc(-c4ccc5ccccc5c4)cnc3n2-c2ccccc2)c1. The van der Waals surface area contributed by atoms with Gasteiger partial charge in [-0.05, 0) is 58.8 Å². The molecule has 33 heavy (non-hydrogen) atoms. The van der Waals surface area contributed by atoms with Crippen molar-refractivity contribution in [1.29, 1.82) is 0 Å². The fourth-order valence-corrected chi connectivity index (χ4v) is 5.48. The summed E-state index contributed by atoms with van der Waals surface area (Å²) in [5.74, 6) is 0.848. The molecule has 0 saturated carbocycles. The van der Waals surface area contributed by atoms with Crippen molar-refractivity contribution in [3.05, 3.63) is 112 Å². The maximum atomic E-state index is 5.05. The number of imidazole rings is 1. The van der Waals surface area contributed by atoms with Gasteiger partial charge >= 0.3 is 0 Å². The molecule has 0 aliphatic carbocycles. The topological polar surface area (TPSA) is 30.7 Å². The first-order valence-electron chi connectivity index (χ1n) is 10.6. The van der Waals surface area contributed by atoms with Gasteiger partial charge in [0, 0.05) is 32.0 Å². The van der Waals surface area contributed by atoms with E-state index in [9.17, 15) is 0 Å². The van der Waals surface area contributed by atoms with E-state index in [0.29, 0.717) is 0 Å². The Balaban J connectivity index is 1.58. The summed E-state index contributed by atoms with van der Waals surface area (Å²) < 4.78 is 4.10. The Morgan fingerprint density at radius 2 is 1.33 bits per heavy atom. The number of hydrogen-bond acceptors (Lipinski definition) is 2. The molecule has 0 N–H and O–H groups in total. The Hall–Kier alpha value is -3.28. The largest absolute Gasteiger partial charge is 0.277 e. The summed E-state index contributed by atoms with van der Waals surface area (Å²) in [5.41, 5.74) is 5.90. The lowest BCUT2D eigenvalue weighted by molar-refractivity contribution is 1.08. The van der Waals surface area contributed by atoms with Crippen LogP contribution in [0.5, 0.6) is 0 Å². The van der Waals surface area contributed by atoms with Crippen molar-refractivity contribution in [3.8, 4) is 28.2 Å². The number of halogens is 2. The van der Waals surface area contributed by atoms with Crippen LogP contribution in [0.3, 0.4) is 0 Å². The normalized spacial score (nSPS) is 11.3. The molecule has 0 bridgehead atoms. The summed E-state index contributed by atoms with van der Waals surface area (Å²) in [6.07, 6.45) is 1.94. The molecular weight excluding hydrogens is 538 g/mol. The van der Waals surface area contributed by atoms with Crippen LogP contribution in [-0.4, -0.2) is 14.5 Å². The lowest BCUT2D eigenvalue weighted by Crippen LogP contribution is -1.98. The van der Waals surface area contributed by atoms with Gasteiger partial charge in [0.25, 0.3) is 0 Å². The number of aromatic nitrogens is 3. The molecule has 158 valence electrons. The van der Waals surface area contributed by atoms with Crippen molar-refractivity contribution < 1.29 is 0 Å². The zero-order valence-corrected chi connectivity index (χ0v) is 20.6. The van der Waals surface area contributed by atoms with Gasteiger partial charge in [-0.1, -0.05) is 86.5 Å². The summed E-state index contributed by atoms with van der Waals surface area (Å²) in [6.45, 7) is 0. The Labute approximate surface area is 208 Å². The van der Waals surface area contributed by atoms with E-state index in [0.717, 1.165) is 48.3 Å². The zero-order chi connectivity index (χ0) is 22.4. The summed E-state index contributed by atoms with van der Waals surface area (Å²) in [5, 5.41) is 2.44. The van der Waals surface area contributed by atoms with Crippen LogP contribution in [0.15, 0.2) is 112 Å². The number of nitrogens with zero attached hydrogens (tertiary/aromatic N) is 3. The molecule has 2 aromatic heterocycles. The van der Waals surface area contributed by atoms with Gasteiger partial charge in [-0.3, -0.25) is 4.57 Å². The molecule has 0 aliphatic heterocycles. The third-order valence-corrected chi connectivity index (χ3v) is 6.63. The van der Waals surface area contributed by atoms with E-state index in [-0.39, 0.29) is 0 Å². The number of rotatable bonds is 3. The van der Waals surface area contributed by atoms with Gasteiger partial charge in [0.2, 0.25) is 0 Å². The highest BCUT2D eigenvalue weighted by atomic mass is 79.9. The third-order valence-electron chi connectivity index (χ3n) is 5.72. The van der Waals surface area contributed by atoms with Gasteiger partial charge in [-0.2, -0.15) is 0 Å². The second-order valence-electron chi connectivity index (χ2n) is 7.89. The van der Waals surface area contributed by atoms with Gasteiger partial charge in [0.15, 0.2) is 5.65 Å². The first kappa shape index (κ1) is 20.3. The highest BCUT2D eigenvalue weighted by Gasteiger charge is 2.17. The predicted octanol–water partition coefficient (Wildman–Crippen LogP) is 8.43. The minimum Gasteiger partial charge on any atom is -0.277 e. The molecule has 4 aromatic carbocycles. The second kappa shape index (κ2) is 8.25. The number of pyridine rings is 1. The fourth-order valence-electron chi connectivity index (χ4n) is 4.19. The summed E-state index contributed by atoms with van der Waals surface area (Å²) >= 11 is 7.23. The molecule has 6 rings (SSSR count). The van der Waals surface area contributed by atoms with Crippen LogP contribution in [0.1, 0.15) is 0 Å². The van der Waals surface area contributed by atoms with E-state index < -0.39 is 0 Å². The van der Waals surface area contributed by atoms with Crippen LogP contribution in [0.2, 0.25) is 0 Å². The molecule has 0 saturated heterocycles. The van der Waals surface area contributed by atoms with Gasteiger partial charge in [-0.25, -0.2) is 9.97 Å². The molecule has 6 aromatic rings. The quantitative estimate of drug-likeness (QED) is 0.220. The molecule has 0 atom stereocenters.